The quantitative estimate of drug-likeness (QED) is 0.876. The van der Waals surface area contributed by atoms with E-state index in [0.29, 0.717) is 13.0 Å². The van der Waals surface area contributed by atoms with Gasteiger partial charge in [-0.15, -0.1) is 0 Å². The number of nitrogens with zero attached hydrogens (tertiary/aromatic N) is 1. The van der Waals surface area contributed by atoms with Crippen LogP contribution in [0.1, 0.15) is 43.7 Å². The van der Waals surface area contributed by atoms with Crippen LogP contribution >= 0.6 is 0 Å². The number of amides is 2. The zero-order valence-corrected chi connectivity index (χ0v) is 14.0. The molecular formula is C18H26N2O3. The molecule has 1 saturated heterocycles. The van der Waals surface area contributed by atoms with E-state index in [1.807, 2.05) is 30.9 Å². The normalized spacial score (nSPS) is 17.9. The number of carbonyl (C=O) groups excluding carboxylic acids is 2. The Morgan fingerprint density at radius 3 is 2.87 bits per heavy atom. The van der Waals surface area contributed by atoms with Gasteiger partial charge < -0.3 is 15.3 Å². The Morgan fingerprint density at radius 2 is 2.17 bits per heavy atom. The van der Waals surface area contributed by atoms with Gasteiger partial charge in [0.15, 0.2) is 0 Å². The fourth-order valence-corrected chi connectivity index (χ4v) is 2.93. The van der Waals surface area contributed by atoms with Crippen LogP contribution in [0.5, 0.6) is 0 Å². The second-order valence-electron chi connectivity index (χ2n) is 6.23. The highest BCUT2D eigenvalue weighted by Gasteiger charge is 2.28. The van der Waals surface area contributed by atoms with E-state index in [9.17, 15) is 14.7 Å². The summed E-state index contributed by atoms with van der Waals surface area (Å²) in [6.45, 7) is 5.12. The number of anilines is 1. The van der Waals surface area contributed by atoms with Gasteiger partial charge in [-0.25, -0.2) is 0 Å². The summed E-state index contributed by atoms with van der Waals surface area (Å²) < 4.78 is 0. The van der Waals surface area contributed by atoms with Gasteiger partial charge >= 0.3 is 0 Å². The number of nitrogens with one attached hydrogen (secondary N) is 1. The van der Waals surface area contributed by atoms with E-state index >= 15 is 0 Å². The van der Waals surface area contributed by atoms with Crippen LogP contribution in [0.2, 0.25) is 0 Å². The van der Waals surface area contributed by atoms with E-state index in [1.165, 1.54) is 0 Å². The van der Waals surface area contributed by atoms with E-state index < -0.39 is 0 Å². The molecule has 1 heterocycles. The fraction of sp³-hybridized carbons (Fsp3) is 0.556. The maximum Gasteiger partial charge on any atom is 0.229 e. The minimum atomic E-state index is -0.165. The molecule has 1 fully saturated rings. The highest BCUT2D eigenvalue weighted by Crippen LogP contribution is 2.22. The SMILES string of the molecule is CCCC(=O)N1CCCC(C(=O)Nc2cc(CO)ccc2C)C1. The van der Waals surface area contributed by atoms with Crippen molar-refractivity contribution in [2.75, 3.05) is 18.4 Å². The molecule has 1 aliphatic rings. The molecular weight excluding hydrogens is 292 g/mol. The molecule has 0 aromatic heterocycles. The number of likely N-dealkylation sites (tertiary alicyclic amines) is 1. The first kappa shape index (κ1) is 17.5. The number of aliphatic hydroxyl groups excluding tert-OH is 1. The van der Waals surface area contributed by atoms with Gasteiger partial charge in [0.2, 0.25) is 11.8 Å². The third-order valence-electron chi connectivity index (χ3n) is 4.35. The van der Waals surface area contributed by atoms with Crippen molar-refractivity contribution in [1.82, 2.24) is 4.90 Å². The zero-order chi connectivity index (χ0) is 16.8. The van der Waals surface area contributed by atoms with Gasteiger partial charge in [-0.2, -0.15) is 0 Å². The monoisotopic (exact) mass is 318 g/mol. The molecule has 0 radical (unpaired) electrons. The molecule has 1 atom stereocenters. The lowest BCUT2D eigenvalue weighted by molar-refractivity contribution is -0.134. The molecule has 0 saturated carbocycles. The van der Waals surface area contributed by atoms with Gasteiger partial charge in [0.25, 0.3) is 0 Å². The van der Waals surface area contributed by atoms with E-state index in [2.05, 4.69) is 5.32 Å². The molecule has 2 N–H and O–H groups in total. The van der Waals surface area contributed by atoms with Gasteiger partial charge in [0.05, 0.1) is 12.5 Å². The molecule has 1 aliphatic heterocycles. The topological polar surface area (TPSA) is 69.6 Å². The molecule has 1 aromatic carbocycles. The molecule has 0 aliphatic carbocycles. The summed E-state index contributed by atoms with van der Waals surface area (Å²) >= 11 is 0. The van der Waals surface area contributed by atoms with Gasteiger partial charge in [-0.3, -0.25) is 9.59 Å². The van der Waals surface area contributed by atoms with Crippen molar-refractivity contribution in [1.29, 1.82) is 0 Å². The summed E-state index contributed by atoms with van der Waals surface area (Å²) in [6, 6.07) is 5.53. The highest BCUT2D eigenvalue weighted by molar-refractivity contribution is 5.94. The van der Waals surface area contributed by atoms with E-state index in [4.69, 9.17) is 0 Å². The third-order valence-corrected chi connectivity index (χ3v) is 4.35. The van der Waals surface area contributed by atoms with Gasteiger partial charge in [0, 0.05) is 25.2 Å². The Morgan fingerprint density at radius 1 is 1.39 bits per heavy atom. The van der Waals surface area contributed by atoms with Crippen molar-refractivity contribution in [2.45, 2.75) is 46.1 Å². The molecule has 126 valence electrons. The largest absolute Gasteiger partial charge is 0.392 e. The number of carbonyl (C=O) groups is 2. The van der Waals surface area contributed by atoms with Crippen molar-refractivity contribution in [3.8, 4) is 0 Å². The lowest BCUT2D eigenvalue weighted by Gasteiger charge is -2.32. The summed E-state index contributed by atoms with van der Waals surface area (Å²) in [7, 11) is 0. The summed E-state index contributed by atoms with van der Waals surface area (Å²) in [6.07, 6.45) is 3.05. The molecule has 1 aromatic rings. The standard InChI is InChI=1S/C18H26N2O3/c1-3-5-17(22)20-9-4-6-15(11-20)18(23)19-16-10-14(12-21)8-7-13(16)2/h7-8,10,15,21H,3-6,9,11-12H2,1-2H3,(H,19,23). The van der Waals surface area contributed by atoms with Crippen molar-refractivity contribution in [2.24, 2.45) is 5.92 Å². The Bertz CT molecular complexity index is 571. The minimum Gasteiger partial charge on any atom is -0.392 e. The summed E-state index contributed by atoms with van der Waals surface area (Å²) in [5, 5.41) is 12.2. The predicted octanol–water partition coefficient (Wildman–Crippen LogP) is 2.46. The number of rotatable bonds is 5. The summed E-state index contributed by atoms with van der Waals surface area (Å²) in [5.41, 5.74) is 2.47. The van der Waals surface area contributed by atoms with E-state index in [1.54, 1.807) is 6.07 Å². The first-order valence-corrected chi connectivity index (χ1v) is 8.34. The van der Waals surface area contributed by atoms with E-state index in [0.717, 1.165) is 42.6 Å². The van der Waals surface area contributed by atoms with E-state index in [-0.39, 0.29) is 24.3 Å². The molecule has 5 heteroatoms. The fourth-order valence-electron chi connectivity index (χ4n) is 2.93. The average molecular weight is 318 g/mol. The van der Waals surface area contributed by atoms with Gasteiger partial charge in [0.1, 0.15) is 0 Å². The third kappa shape index (κ3) is 4.55. The van der Waals surface area contributed by atoms with Gasteiger partial charge in [-0.1, -0.05) is 19.1 Å². The second-order valence-corrected chi connectivity index (χ2v) is 6.23. The Hall–Kier alpha value is -1.88. The average Bonchev–Trinajstić information content (AvgIpc) is 2.57. The number of benzene rings is 1. The van der Waals surface area contributed by atoms with Crippen LogP contribution in [0.25, 0.3) is 0 Å². The minimum absolute atomic E-state index is 0.0443. The maximum absolute atomic E-state index is 12.5. The van der Waals surface area contributed by atoms with Crippen LogP contribution < -0.4 is 5.32 Å². The maximum atomic E-state index is 12.5. The summed E-state index contributed by atoms with van der Waals surface area (Å²) in [5.74, 6) is -0.0672. The van der Waals surface area contributed by atoms with Crippen molar-refractivity contribution in [3.63, 3.8) is 0 Å². The van der Waals surface area contributed by atoms with Crippen LogP contribution in [0.4, 0.5) is 5.69 Å². The van der Waals surface area contributed by atoms with Crippen molar-refractivity contribution in [3.05, 3.63) is 29.3 Å². The van der Waals surface area contributed by atoms with Crippen LogP contribution in [-0.2, 0) is 16.2 Å². The van der Waals surface area contributed by atoms with Crippen molar-refractivity contribution < 1.29 is 14.7 Å². The van der Waals surface area contributed by atoms with Crippen LogP contribution in [0.15, 0.2) is 18.2 Å². The zero-order valence-electron chi connectivity index (χ0n) is 14.0. The van der Waals surface area contributed by atoms with Crippen molar-refractivity contribution >= 4 is 17.5 Å². The molecule has 2 rings (SSSR count). The molecule has 2 amide bonds. The smallest absolute Gasteiger partial charge is 0.229 e. The van der Waals surface area contributed by atoms with Crippen LogP contribution in [0.3, 0.4) is 0 Å². The van der Waals surface area contributed by atoms with Crippen LogP contribution in [0, 0.1) is 12.8 Å². The first-order valence-electron chi connectivity index (χ1n) is 8.34. The molecule has 0 bridgehead atoms. The number of piperidine rings is 1. The predicted molar refractivity (Wildman–Crippen MR) is 89.9 cm³/mol. The molecule has 0 spiro atoms. The second kappa shape index (κ2) is 8.11. The van der Waals surface area contributed by atoms with Gasteiger partial charge in [-0.05, 0) is 43.4 Å². The molecule has 5 nitrogen and oxygen atoms in total. The Balaban J connectivity index is 2.01. The lowest BCUT2D eigenvalue weighted by Crippen LogP contribution is -2.43. The molecule has 23 heavy (non-hydrogen) atoms. The number of aliphatic hydroxyl groups is 1. The highest BCUT2D eigenvalue weighted by atomic mass is 16.3. The lowest BCUT2D eigenvalue weighted by atomic mass is 9.96. The number of hydrogen-bond acceptors (Lipinski definition) is 3. The van der Waals surface area contributed by atoms with Crippen LogP contribution in [-0.4, -0.2) is 34.9 Å². The first-order chi connectivity index (χ1) is 11.0. The molecule has 1 unspecified atom stereocenters. The number of hydrogen-bond donors (Lipinski definition) is 2. The Labute approximate surface area is 137 Å². The number of aryl methyl sites for hydroxylation is 1. The Kier molecular flexibility index (Phi) is 6.16. The summed E-state index contributed by atoms with van der Waals surface area (Å²) in [4.78, 5) is 26.4.